The molecule has 9 nitrogen and oxygen atoms in total. The van der Waals surface area contributed by atoms with E-state index in [-0.39, 0.29) is 72.9 Å². The fourth-order valence-corrected chi connectivity index (χ4v) is 1.46. The van der Waals surface area contributed by atoms with Gasteiger partial charge in [-0.3, -0.25) is 9.80 Å². The van der Waals surface area contributed by atoms with Gasteiger partial charge < -0.3 is 34.8 Å². The van der Waals surface area contributed by atoms with Crippen molar-refractivity contribution in [1.82, 2.24) is 9.80 Å². The molecule has 0 aliphatic heterocycles. The van der Waals surface area contributed by atoms with Gasteiger partial charge in [0.2, 0.25) is 0 Å². The molecule has 0 aromatic rings. The molecule has 0 saturated carbocycles. The Balaban J connectivity index is -0.00000162. The van der Waals surface area contributed by atoms with Crippen LogP contribution in [0.4, 0.5) is 0 Å². The molecule has 119 valence electrons. The van der Waals surface area contributed by atoms with E-state index in [0.717, 1.165) is 4.90 Å². The molecule has 0 atom stereocenters. The fourth-order valence-electron chi connectivity index (χ4n) is 1.46. The molecular weight excluding hydrogens is 347 g/mol. The Morgan fingerprint density at radius 1 is 0.762 bits per heavy atom. The summed E-state index contributed by atoms with van der Waals surface area (Å²) < 4.78 is 0. The minimum Gasteiger partial charge on any atom is -0.549 e. The van der Waals surface area contributed by atoms with Crippen molar-refractivity contribution in [2.24, 2.45) is 0 Å². The van der Waals surface area contributed by atoms with Gasteiger partial charge in [-0.25, -0.2) is 0 Å². The molecule has 0 aromatic carbocycles. The van der Waals surface area contributed by atoms with Gasteiger partial charge in [0.1, 0.15) is 0 Å². The molecule has 11 heteroatoms. The summed E-state index contributed by atoms with van der Waals surface area (Å²) in [4.78, 5) is 33.6. The molecule has 0 saturated heterocycles. The zero-order valence-electron chi connectivity index (χ0n) is 11.5. The second-order valence-corrected chi connectivity index (χ2v) is 3.83. The molecule has 0 amide bonds. The van der Waals surface area contributed by atoms with Crippen LogP contribution in [0.3, 0.4) is 0 Å². The Hall–Kier alpha value is -0.191. The molecular formula is C10H15CuN2NaO7. The summed E-state index contributed by atoms with van der Waals surface area (Å²) in [7, 11) is 0. The summed E-state index contributed by atoms with van der Waals surface area (Å²) in [5.74, 6) is -4.25. The average Bonchev–Trinajstić information content (AvgIpc) is 2.23. The summed E-state index contributed by atoms with van der Waals surface area (Å²) in [5, 5.41) is 40.0. The van der Waals surface area contributed by atoms with Crippen LogP contribution in [0, 0.1) is 0 Å². The van der Waals surface area contributed by atoms with Crippen molar-refractivity contribution >= 4 is 17.9 Å². The number of hydrogen-bond acceptors (Lipinski definition) is 9. The Morgan fingerprint density at radius 3 is 1.43 bits per heavy atom. The van der Waals surface area contributed by atoms with Gasteiger partial charge in [0, 0.05) is 39.3 Å². The molecule has 0 bridgehead atoms. The third-order valence-electron chi connectivity index (χ3n) is 2.21. The van der Waals surface area contributed by atoms with Gasteiger partial charge in [0.25, 0.3) is 0 Å². The van der Waals surface area contributed by atoms with Crippen LogP contribution in [0.2, 0.25) is 0 Å². The van der Waals surface area contributed by atoms with E-state index in [1.165, 1.54) is 4.90 Å². The molecule has 21 heavy (non-hydrogen) atoms. The van der Waals surface area contributed by atoms with Crippen molar-refractivity contribution < 1.29 is 81.4 Å². The van der Waals surface area contributed by atoms with Crippen molar-refractivity contribution in [2.75, 3.05) is 45.9 Å². The normalized spacial score (nSPS) is 9.86. The minimum atomic E-state index is -1.45. The van der Waals surface area contributed by atoms with E-state index < -0.39 is 37.5 Å². The molecule has 0 unspecified atom stereocenters. The molecule has 0 heterocycles. The Kier molecular flexibility index (Phi) is 18.1. The standard InChI is InChI=1S/C10H18N2O7.Cu.Na/c13-4-3-11(5-8(14)15)1-2-12(6-9(16)17)7-10(18)19;;/h13H,1-7H2,(H,14,15)(H,16,17)(H,18,19);;/q;+2;+1/p-3. The summed E-state index contributed by atoms with van der Waals surface area (Å²) in [6, 6.07) is 0. The van der Waals surface area contributed by atoms with Crippen molar-refractivity contribution in [3.05, 3.63) is 0 Å². The monoisotopic (exact) mass is 361 g/mol. The van der Waals surface area contributed by atoms with E-state index in [4.69, 9.17) is 5.11 Å². The zero-order chi connectivity index (χ0) is 14.8. The number of rotatable bonds is 11. The van der Waals surface area contributed by atoms with E-state index >= 15 is 0 Å². The number of aliphatic hydroxyl groups is 1. The Labute approximate surface area is 154 Å². The first-order chi connectivity index (χ1) is 8.85. The van der Waals surface area contributed by atoms with Crippen LogP contribution in [0.1, 0.15) is 0 Å². The van der Waals surface area contributed by atoms with E-state index in [1.807, 2.05) is 0 Å². The summed E-state index contributed by atoms with van der Waals surface area (Å²) in [6.07, 6.45) is 0. The van der Waals surface area contributed by atoms with Gasteiger partial charge in [-0.1, -0.05) is 0 Å². The van der Waals surface area contributed by atoms with Gasteiger partial charge in [-0.05, 0) is 0 Å². The molecule has 0 fully saturated rings. The van der Waals surface area contributed by atoms with Crippen LogP contribution in [0.25, 0.3) is 0 Å². The van der Waals surface area contributed by atoms with Gasteiger partial charge in [0.05, 0.1) is 24.5 Å². The van der Waals surface area contributed by atoms with Crippen LogP contribution in [-0.4, -0.2) is 78.7 Å². The number of carboxylic acid groups (broad SMARTS) is 3. The Bertz CT molecular complexity index is 317. The van der Waals surface area contributed by atoms with E-state index in [9.17, 15) is 29.7 Å². The molecule has 0 aromatic heterocycles. The number of carbonyl (C=O) groups is 3. The largest absolute Gasteiger partial charge is 2.00 e. The van der Waals surface area contributed by atoms with E-state index in [1.54, 1.807) is 0 Å². The molecule has 0 rings (SSSR count). The third kappa shape index (κ3) is 16.0. The first kappa shape index (κ1) is 25.7. The molecule has 1 radical (unpaired) electrons. The predicted molar refractivity (Wildman–Crippen MR) is 55.0 cm³/mol. The maximum absolute atomic E-state index is 10.4. The predicted octanol–water partition coefficient (Wildman–Crippen LogP) is -9.17. The number of aliphatic carboxylic acids is 3. The maximum atomic E-state index is 10.4. The molecule has 1 N–H and O–H groups in total. The molecule has 0 aliphatic rings. The number of carbonyl (C=O) groups excluding carboxylic acids is 3. The first-order valence-corrected chi connectivity index (χ1v) is 5.50. The van der Waals surface area contributed by atoms with Crippen molar-refractivity contribution in [1.29, 1.82) is 0 Å². The number of aliphatic hydroxyl groups excluding tert-OH is 1. The first-order valence-electron chi connectivity index (χ1n) is 5.50. The fraction of sp³-hybridized carbons (Fsp3) is 0.700. The summed E-state index contributed by atoms with van der Waals surface area (Å²) in [5.41, 5.74) is 0. The number of nitrogens with zero attached hydrogens (tertiary/aromatic N) is 2. The SMILES string of the molecule is O=C([O-])CN(CCO)CCN(CC(=O)[O-])CC(=O)[O-].[Cu+2].[Na+]. The maximum Gasteiger partial charge on any atom is 2.00 e. The van der Waals surface area contributed by atoms with Crippen LogP contribution in [0.5, 0.6) is 0 Å². The third-order valence-corrected chi connectivity index (χ3v) is 2.21. The van der Waals surface area contributed by atoms with Gasteiger partial charge >= 0.3 is 46.6 Å². The minimum absolute atomic E-state index is 0. The number of carboxylic acids is 3. The quantitative estimate of drug-likeness (QED) is 0.354. The van der Waals surface area contributed by atoms with Crippen LogP contribution in [0.15, 0.2) is 0 Å². The molecule has 0 aliphatic carbocycles. The smallest absolute Gasteiger partial charge is 0.549 e. The Morgan fingerprint density at radius 2 is 1.10 bits per heavy atom. The van der Waals surface area contributed by atoms with Crippen LogP contribution in [-0.2, 0) is 31.5 Å². The number of hydrogen-bond donors (Lipinski definition) is 1. The second-order valence-electron chi connectivity index (χ2n) is 3.83. The van der Waals surface area contributed by atoms with E-state index in [0.29, 0.717) is 0 Å². The average molecular weight is 362 g/mol. The van der Waals surface area contributed by atoms with Crippen LogP contribution < -0.4 is 44.9 Å². The second kappa shape index (κ2) is 14.7. The van der Waals surface area contributed by atoms with E-state index in [2.05, 4.69) is 0 Å². The summed E-state index contributed by atoms with van der Waals surface area (Å²) >= 11 is 0. The van der Waals surface area contributed by atoms with Gasteiger partial charge in [-0.15, -0.1) is 0 Å². The summed E-state index contributed by atoms with van der Waals surface area (Å²) in [6.45, 7) is -1.83. The van der Waals surface area contributed by atoms with Gasteiger partial charge in [0.15, 0.2) is 0 Å². The topological polar surface area (TPSA) is 147 Å². The van der Waals surface area contributed by atoms with Gasteiger partial charge in [-0.2, -0.15) is 0 Å². The van der Waals surface area contributed by atoms with Crippen molar-refractivity contribution in [2.45, 2.75) is 0 Å². The van der Waals surface area contributed by atoms with Crippen molar-refractivity contribution in [3.8, 4) is 0 Å². The van der Waals surface area contributed by atoms with Crippen LogP contribution >= 0.6 is 0 Å². The molecule has 0 spiro atoms. The van der Waals surface area contributed by atoms with Crippen molar-refractivity contribution in [3.63, 3.8) is 0 Å². The zero-order valence-corrected chi connectivity index (χ0v) is 14.5.